The van der Waals surface area contributed by atoms with Crippen molar-refractivity contribution in [2.24, 2.45) is 0 Å². The van der Waals surface area contributed by atoms with E-state index >= 15 is 0 Å². The molecule has 3 aliphatic rings. The summed E-state index contributed by atoms with van der Waals surface area (Å²) >= 11 is 0. The van der Waals surface area contributed by atoms with E-state index in [-0.39, 0.29) is 0 Å². The molecule has 3 nitrogen and oxygen atoms in total. The number of hydrogen-bond donors (Lipinski definition) is 2. The Labute approximate surface area is 132 Å². The standard InChI is InChI=1S/C13H20N2O.C6H4/c1-2-4-12-10-14-7-8-15(12)11-5-3-6-13(16)9-11;1-2-6-4-3-5(1)6/h3,5-6,9,12,14,16H,2,4,7-8,10H2,1H3;1-4H. The molecule has 1 aliphatic heterocycles. The topological polar surface area (TPSA) is 35.5 Å². The number of nitrogens with one attached hydrogen (secondary N) is 1. The van der Waals surface area contributed by atoms with Crippen molar-refractivity contribution in [3.8, 4) is 16.9 Å². The fourth-order valence-corrected chi connectivity index (χ4v) is 3.03. The van der Waals surface area contributed by atoms with Gasteiger partial charge in [-0.2, -0.15) is 0 Å². The molecule has 0 aromatic heterocycles. The number of phenols is 1. The van der Waals surface area contributed by atoms with Crippen LogP contribution in [0.4, 0.5) is 5.69 Å². The van der Waals surface area contributed by atoms with Gasteiger partial charge in [-0.25, -0.2) is 0 Å². The van der Waals surface area contributed by atoms with Crippen LogP contribution in [0.15, 0.2) is 48.5 Å². The number of rotatable bonds is 3. The third-order valence-corrected chi connectivity index (χ3v) is 4.35. The third kappa shape index (κ3) is 3.25. The van der Waals surface area contributed by atoms with Gasteiger partial charge in [-0.15, -0.1) is 0 Å². The normalized spacial score (nSPS) is 18.4. The lowest BCUT2D eigenvalue weighted by Gasteiger charge is -2.38. The highest BCUT2D eigenvalue weighted by Gasteiger charge is 2.21. The van der Waals surface area contributed by atoms with E-state index in [2.05, 4.69) is 47.5 Å². The van der Waals surface area contributed by atoms with Crippen molar-refractivity contribution in [3.63, 3.8) is 0 Å². The Balaban J connectivity index is 0.000000196. The first kappa shape index (κ1) is 14.9. The van der Waals surface area contributed by atoms with Gasteiger partial charge < -0.3 is 15.3 Å². The molecule has 116 valence electrons. The van der Waals surface area contributed by atoms with Crippen molar-refractivity contribution in [2.75, 3.05) is 24.5 Å². The van der Waals surface area contributed by atoms with Gasteiger partial charge >= 0.3 is 0 Å². The number of benzene rings is 2. The minimum absolute atomic E-state index is 0.353. The van der Waals surface area contributed by atoms with Crippen LogP contribution in [0.3, 0.4) is 0 Å². The summed E-state index contributed by atoms with van der Waals surface area (Å²) in [6, 6.07) is 16.6. The number of aromatic hydroxyl groups is 1. The van der Waals surface area contributed by atoms with Gasteiger partial charge in [0.2, 0.25) is 0 Å². The van der Waals surface area contributed by atoms with Crippen LogP contribution in [0, 0.1) is 0 Å². The van der Waals surface area contributed by atoms with Crippen LogP contribution >= 0.6 is 0 Å². The quantitative estimate of drug-likeness (QED) is 0.774. The van der Waals surface area contributed by atoms with Gasteiger partial charge in [0.15, 0.2) is 0 Å². The van der Waals surface area contributed by atoms with E-state index in [0.29, 0.717) is 11.8 Å². The van der Waals surface area contributed by atoms with Crippen LogP contribution < -0.4 is 10.2 Å². The molecule has 0 amide bonds. The average Bonchev–Trinajstić information content (AvgIpc) is 2.52. The maximum Gasteiger partial charge on any atom is 0.117 e. The maximum atomic E-state index is 9.52. The van der Waals surface area contributed by atoms with Crippen LogP contribution in [-0.4, -0.2) is 30.8 Å². The molecular weight excluding hydrogens is 272 g/mol. The largest absolute Gasteiger partial charge is 0.508 e. The van der Waals surface area contributed by atoms with Crippen molar-refractivity contribution in [2.45, 2.75) is 25.8 Å². The smallest absolute Gasteiger partial charge is 0.117 e. The monoisotopic (exact) mass is 296 g/mol. The molecule has 2 N–H and O–H groups in total. The Morgan fingerprint density at radius 1 is 1.14 bits per heavy atom. The van der Waals surface area contributed by atoms with E-state index < -0.39 is 0 Å². The summed E-state index contributed by atoms with van der Waals surface area (Å²) in [4.78, 5) is 2.40. The van der Waals surface area contributed by atoms with Crippen LogP contribution in [0.25, 0.3) is 11.1 Å². The Kier molecular flexibility index (Phi) is 4.64. The van der Waals surface area contributed by atoms with Crippen molar-refractivity contribution < 1.29 is 5.11 Å². The Bertz CT molecular complexity index is 586. The van der Waals surface area contributed by atoms with Crippen molar-refractivity contribution in [1.29, 1.82) is 0 Å². The maximum absolute atomic E-state index is 9.52. The molecule has 0 spiro atoms. The number of fused-ring (bicyclic) bond motifs is 1. The fourth-order valence-electron chi connectivity index (χ4n) is 3.03. The molecule has 1 aromatic carbocycles. The lowest BCUT2D eigenvalue weighted by molar-refractivity contribution is 0.447. The zero-order valence-corrected chi connectivity index (χ0v) is 13.1. The van der Waals surface area contributed by atoms with Crippen LogP contribution in [0.1, 0.15) is 19.8 Å². The van der Waals surface area contributed by atoms with E-state index in [4.69, 9.17) is 0 Å². The van der Waals surface area contributed by atoms with Gasteiger partial charge in [0.1, 0.15) is 5.75 Å². The van der Waals surface area contributed by atoms with Gasteiger partial charge in [-0.05, 0) is 29.7 Å². The summed E-state index contributed by atoms with van der Waals surface area (Å²) in [6.45, 7) is 5.31. The first-order chi connectivity index (χ1) is 10.8. The lowest BCUT2D eigenvalue weighted by atomic mass is 9.95. The van der Waals surface area contributed by atoms with E-state index in [9.17, 15) is 5.11 Å². The second-order valence-corrected chi connectivity index (χ2v) is 5.94. The molecule has 1 atom stereocenters. The number of nitrogens with zero attached hydrogens (tertiary/aromatic N) is 1. The summed E-state index contributed by atoms with van der Waals surface area (Å²) < 4.78 is 0. The molecule has 1 aromatic rings. The Morgan fingerprint density at radius 3 is 2.41 bits per heavy atom. The molecule has 22 heavy (non-hydrogen) atoms. The van der Waals surface area contributed by atoms with Gasteiger partial charge in [0.05, 0.1) is 0 Å². The highest BCUT2D eigenvalue weighted by atomic mass is 16.3. The highest BCUT2D eigenvalue weighted by molar-refractivity contribution is 5.75. The summed E-state index contributed by atoms with van der Waals surface area (Å²) in [5.74, 6) is 0.353. The number of anilines is 1. The van der Waals surface area contributed by atoms with Crippen LogP contribution in [0.2, 0.25) is 0 Å². The lowest BCUT2D eigenvalue weighted by Crippen LogP contribution is -2.51. The summed E-state index contributed by atoms with van der Waals surface area (Å²) in [5, 5.41) is 12.9. The zero-order valence-electron chi connectivity index (χ0n) is 13.1. The molecule has 3 heteroatoms. The summed E-state index contributed by atoms with van der Waals surface area (Å²) in [6.07, 6.45) is 2.39. The second-order valence-electron chi connectivity index (χ2n) is 5.94. The Hall–Kier alpha value is -2.00. The zero-order chi connectivity index (χ0) is 15.4. The average molecular weight is 296 g/mol. The van der Waals surface area contributed by atoms with E-state index in [1.54, 1.807) is 6.07 Å². The van der Waals surface area contributed by atoms with Gasteiger partial charge in [0, 0.05) is 37.4 Å². The molecule has 0 bridgehead atoms. The molecule has 1 fully saturated rings. The minimum atomic E-state index is 0.353. The second kappa shape index (κ2) is 6.84. The third-order valence-electron chi connectivity index (χ3n) is 4.35. The molecule has 2 aliphatic carbocycles. The first-order valence-corrected chi connectivity index (χ1v) is 8.15. The minimum Gasteiger partial charge on any atom is -0.508 e. The fraction of sp³-hybridized carbons (Fsp3) is 0.368. The summed E-state index contributed by atoms with van der Waals surface area (Å²) in [7, 11) is 0. The van der Waals surface area contributed by atoms with E-state index in [1.165, 1.54) is 24.0 Å². The molecule has 0 radical (unpaired) electrons. The number of hydrogen-bond acceptors (Lipinski definition) is 3. The SMILES string of the molecule is CCCC1CNCCN1c1cccc(O)c1.c1cc2ccc1-2. The van der Waals surface area contributed by atoms with Gasteiger partial charge in [0.25, 0.3) is 0 Å². The first-order valence-electron chi connectivity index (χ1n) is 8.15. The molecule has 4 rings (SSSR count). The number of phenolic OH excluding ortho intramolecular Hbond substituents is 1. The predicted molar refractivity (Wildman–Crippen MR) is 92.5 cm³/mol. The van der Waals surface area contributed by atoms with Crippen molar-refractivity contribution >= 4 is 5.69 Å². The molecule has 0 saturated carbocycles. The molecule has 1 saturated heterocycles. The van der Waals surface area contributed by atoms with Crippen LogP contribution in [0.5, 0.6) is 5.75 Å². The van der Waals surface area contributed by atoms with Crippen molar-refractivity contribution in [1.82, 2.24) is 5.32 Å². The van der Waals surface area contributed by atoms with E-state index in [1.807, 2.05) is 12.1 Å². The van der Waals surface area contributed by atoms with Crippen LogP contribution in [-0.2, 0) is 0 Å². The molecule has 1 heterocycles. The Morgan fingerprint density at radius 2 is 1.86 bits per heavy atom. The van der Waals surface area contributed by atoms with Crippen molar-refractivity contribution in [3.05, 3.63) is 48.5 Å². The van der Waals surface area contributed by atoms with Gasteiger partial charge in [-0.1, -0.05) is 43.7 Å². The van der Waals surface area contributed by atoms with E-state index in [0.717, 1.165) is 25.3 Å². The molecule has 1 unspecified atom stereocenters. The number of piperazine rings is 1. The van der Waals surface area contributed by atoms with Gasteiger partial charge in [-0.3, -0.25) is 0 Å². The predicted octanol–water partition coefficient (Wildman–Crippen LogP) is 3.64. The molecular formula is C19H24N2O. The highest BCUT2D eigenvalue weighted by Crippen LogP contribution is 2.29. The summed E-state index contributed by atoms with van der Waals surface area (Å²) in [5.41, 5.74) is 3.99.